The molecule has 3 aromatic heterocycles. The fourth-order valence-corrected chi connectivity index (χ4v) is 4.65. The van der Waals surface area contributed by atoms with Crippen molar-refractivity contribution in [1.29, 1.82) is 0 Å². The van der Waals surface area contributed by atoms with Crippen molar-refractivity contribution in [3.05, 3.63) is 103 Å². The van der Waals surface area contributed by atoms with Gasteiger partial charge >= 0.3 is 0 Å². The number of anilines is 1. The van der Waals surface area contributed by atoms with Gasteiger partial charge in [0.05, 0.1) is 24.6 Å². The average Bonchev–Trinajstić information content (AvgIpc) is 3.30. The molecule has 0 spiro atoms. The Bertz CT molecular complexity index is 1340. The standard InChI is InChI=1S/C29H30N4O/c1-4-8-26(25-10-7-6-9-22(25)5-2)27-19-31-29-17-23(13-14-33(27)29)24-11-12-28(30-18-24)32-15-16-34-21(3)20-32/h4,6-14,17-19,21H,1,5,15-16,20H2,2-3H3/b26-8+. The fourth-order valence-electron chi connectivity index (χ4n) is 4.65. The van der Waals surface area contributed by atoms with Gasteiger partial charge in [-0.15, -0.1) is 0 Å². The molecule has 0 bridgehead atoms. The van der Waals surface area contributed by atoms with Crippen molar-refractivity contribution in [3.63, 3.8) is 0 Å². The van der Waals surface area contributed by atoms with Crippen molar-refractivity contribution in [3.8, 4) is 11.1 Å². The molecule has 34 heavy (non-hydrogen) atoms. The van der Waals surface area contributed by atoms with Gasteiger partial charge < -0.3 is 9.64 Å². The largest absolute Gasteiger partial charge is 0.375 e. The van der Waals surface area contributed by atoms with Crippen molar-refractivity contribution in [2.24, 2.45) is 0 Å². The Labute approximate surface area is 201 Å². The van der Waals surface area contributed by atoms with E-state index in [1.54, 1.807) is 0 Å². The summed E-state index contributed by atoms with van der Waals surface area (Å²) in [6.45, 7) is 10.7. The summed E-state index contributed by atoms with van der Waals surface area (Å²) in [5.74, 6) is 0.997. The van der Waals surface area contributed by atoms with Crippen LogP contribution in [0.25, 0.3) is 22.3 Å². The third-order valence-corrected chi connectivity index (χ3v) is 6.41. The minimum Gasteiger partial charge on any atom is -0.375 e. The van der Waals surface area contributed by atoms with Crippen LogP contribution in [0.4, 0.5) is 5.82 Å². The third-order valence-electron chi connectivity index (χ3n) is 6.41. The predicted octanol–water partition coefficient (Wildman–Crippen LogP) is 5.80. The summed E-state index contributed by atoms with van der Waals surface area (Å²) >= 11 is 0. The Morgan fingerprint density at radius 1 is 1.12 bits per heavy atom. The first-order valence-corrected chi connectivity index (χ1v) is 11.9. The van der Waals surface area contributed by atoms with Crippen LogP contribution in [0, 0.1) is 0 Å². The highest BCUT2D eigenvalue weighted by Crippen LogP contribution is 2.29. The molecular weight excluding hydrogens is 420 g/mol. The second kappa shape index (κ2) is 9.65. The van der Waals surface area contributed by atoms with Crippen LogP contribution >= 0.6 is 0 Å². The Morgan fingerprint density at radius 2 is 2.00 bits per heavy atom. The van der Waals surface area contributed by atoms with Crippen LogP contribution < -0.4 is 4.90 Å². The first kappa shape index (κ1) is 22.1. The number of ether oxygens (including phenoxy) is 1. The maximum absolute atomic E-state index is 5.65. The minimum absolute atomic E-state index is 0.233. The van der Waals surface area contributed by atoms with Crippen molar-refractivity contribution in [2.45, 2.75) is 26.4 Å². The number of aromatic nitrogens is 3. The molecule has 1 unspecified atom stereocenters. The van der Waals surface area contributed by atoms with E-state index in [-0.39, 0.29) is 6.10 Å². The van der Waals surface area contributed by atoms with Crippen molar-refractivity contribution in [2.75, 3.05) is 24.6 Å². The van der Waals surface area contributed by atoms with Crippen LogP contribution in [0.15, 0.2) is 85.9 Å². The molecule has 4 heterocycles. The van der Waals surface area contributed by atoms with Crippen LogP contribution in [0.3, 0.4) is 0 Å². The Hall–Kier alpha value is -3.70. The summed E-state index contributed by atoms with van der Waals surface area (Å²) in [5.41, 5.74) is 7.78. The fraction of sp³-hybridized carbons (Fsp3) is 0.241. The first-order chi connectivity index (χ1) is 16.7. The molecule has 0 aliphatic carbocycles. The topological polar surface area (TPSA) is 42.7 Å². The van der Waals surface area contributed by atoms with Crippen LogP contribution in [-0.4, -0.2) is 40.2 Å². The van der Waals surface area contributed by atoms with E-state index >= 15 is 0 Å². The summed E-state index contributed by atoms with van der Waals surface area (Å²) in [4.78, 5) is 11.7. The van der Waals surface area contributed by atoms with E-state index < -0.39 is 0 Å². The second-order valence-electron chi connectivity index (χ2n) is 8.65. The number of benzene rings is 1. The van der Waals surface area contributed by atoms with E-state index in [4.69, 9.17) is 14.7 Å². The van der Waals surface area contributed by atoms with Gasteiger partial charge in [-0.2, -0.15) is 0 Å². The third kappa shape index (κ3) is 4.27. The lowest BCUT2D eigenvalue weighted by atomic mass is 9.95. The SMILES string of the molecule is C=C/C=C(\c1ccccc1CC)c1cnc2cc(-c3ccc(N4CCOC(C)C4)nc3)ccn12. The highest BCUT2D eigenvalue weighted by molar-refractivity contribution is 5.82. The lowest BCUT2D eigenvalue weighted by Gasteiger charge is -2.32. The highest BCUT2D eigenvalue weighted by Gasteiger charge is 2.18. The normalized spacial score (nSPS) is 16.7. The number of pyridine rings is 2. The minimum atomic E-state index is 0.233. The van der Waals surface area contributed by atoms with Gasteiger partial charge in [0.25, 0.3) is 0 Å². The molecule has 0 radical (unpaired) electrons. The molecule has 1 aliphatic heterocycles. The Balaban J connectivity index is 1.47. The number of morpholine rings is 1. The molecule has 1 saturated heterocycles. The summed E-state index contributed by atoms with van der Waals surface area (Å²) in [7, 11) is 0. The molecule has 0 amide bonds. The number of aryl methyl sites for hydroxylation is 1. The van der Waals surface area contributed by atoms with E-state index in [2.05, 4.69) is 90.5 Å². The van der Waals surface area contributed by atoms with E-state index in [1.807, 2.05) is 18.5 Å². The number of hydrogen-bond acceptors (Lipinski definition) is 4. The first-order valence-electron chi connectivity index (χ1n) is 11.9. The number of fused-ring (bicyclic) bond motifs is 1. The number of nitrogens with zero attached hydrogens (tertiary/aromatic N) is 4. The predicted molar refractivity (Wildman–Crippen MR) is 139 cm³/mol. The molecule has 1 aliphatic rings. The molecule has 5 rings (SSSR count). The smallest absolute Gasteiger partial charge is 0.137 e. The van der Waals surface area contributed by atoms with Crippen molar-refractivity contribution >= 4 is 17.0 Å². The molecule has 0 saturated carbocycles. The van der Waals surface area contributed by atoms with E-state index in [0.717, 1.165) is 60.0 Å². The van der Waals surface area contributed by atoms with Crippen molar-refractivity contribution in [1.82, 2.24) is 14.4 Å². The summed E-state index contributed by atoms with van der Waals surface area (Å²) in [6.07, 6.45) is 11.1. The van der Waals surface area contributed by atoms with Gasteiger partial charge in [0.2, 0.25) is 0 Å². The van der Waals surface area contributed by atoms with E-state index in [1.165, 1.54) is 11.1 Å². The highest BCUT2D eigenvalue weighted by atomic mass is 16.5. The quantitative estimate of drug-likeness (QED) is 0.348. The molecule has 1 fully saturated rings. The monoisotopic (exact) mass is 450 g/mol. The second-order valence-corrected chi connectivity index (χ2v) is 8.65. The average molecular weight is 451 g/mol. The van der Waals surface area contributed by atoms with Gasteiger partial charge in [-0.25, -0.2) is 9.97 Å². The molecule has 1 aromatic carbocycles. The number of allylic oxidation sites excluding steroid dienone is 2. The molecule has 0 N–H and O–H groups in total. The Kier molecular flexibility index (Phi) is 6.28. The summed E-state index contributed by atoms with van der Waals surface area (Å²) < 4.78 is 7.79. The molecule has 1 atom stereocenters. The van der Waals surface area contributed by atoms with Crippen LogP contribution in [0.2, 0.25) is 0 Å². The zero-order chi connectivity index (χ0) is 23.5. The molecule has 5 heteroatoms. The van der Waals surface area contributed by atoms with Crippen LogP contribution in [0.5, 0.6) is 0 Å². The lowest BCUT2D eigenvalue weighted by Crippen LogP contribution is -2.41. The molecule has 4 aromatic rings. The molecule has 5 nitrogen and oxygen atoms in total. The molecule has 172 valence electrons. The van der Waals surface area contributed by atoms with Gasteiger partial charge in [-0.05, 0) is 54.3 Å². The summed E-state index contributed by atoms with van der Waals surface area (Å²) in [6, 6.07) is 17.0. The van der Waals surface area contributed by atoms with Crippen LogP contribution in [-0.2, 0) is 11.2 Å². The van der Waals surface area contributed by atoms with Gasteiger partial charge in [-0.3, -0.25) is 4.40 Å². The number of imidazole rings is 1. The Morgan fingerprint density at radius 3 is 2.76 bits per heavy atom. The number of rotatable bonds is 6. The van der Waals surface area contributed by atoms with Crippen LogP contribution in [0.1, 0.15) is 30.7 Å². The van der Waals surface area contributed by atoms with Gasteiger partial charge in [0, 0.05) is 36.6 Å². The van der Waals surface area contributed by atoms with Gasteiger partial charge in [-0.1, -0.05) is 49.9 Å². The van der Waals surface area contributed by atoms with Gasteiger partial charge in [0.1, 0.15) is 11.5 Å². The van der Waals surface area contributed by atoms with Crippen molar-refractivity contribution < 1.29 is 4.74 Å². The molecular formula is C29H30N4O. The summed E-state index contributed by atoms with van der Waals surface area (Å²) in [5, 5.41) is 0. The van der Waals surface area contributed by atoms with E-state index in [9.17, 15) is 0 Å². The lowest BCUT2D eigenvalue weighted by molar-refractivity contribution is 0.0529. The van der Waals surface area contributed by atoms with Gasteiger partial charge in [0.15, 0.2) is 0 Å². The zero-order valence-corrected chi connectivity index (χ0v) is 19.8. The zero-order valence-electron chi connectivity index (χ0n) is 19.8. The maximum atomic E-state index is 5.65. The number of hydrogen-bond donors (Lipinski definition) is 0. The maximum Gasteiger partial charge on any atom is 0.137 e. The van der Waals surface area contributed by atoms with E-state index in [0.29, 0.717) is 0 Å².